The van der Waals surface area contributed by atoms with Gasteiger partial charge in [-0.3, -0.25) is 20.4 Å². The minimum Gasteiger partial charge on any atom is -0.496 e. The van der Waals surface area contributed by atoms with Crippen LogP contribution in [0.25, 0.3) is 16.8 Å². The molecule has 0 heterocycles. The van der Waals surface area contributed by atoms with Crippen LogP contribution in [-0.4, -0.2) is 18.9 Å². The van der Waals surface area contributed by atoms with Crippen molar-refractivity contribution >= 4 is 51.3 Å². The Morgan fingerprint density at radius 3 is 2.56 bits per heavy atom. The first kappa shape index (κ1) is 18.9. The molecule has 0 unspecified atom stereocenters. The van der Waals surface area contributed by atoms with E-state index in [1.807, 2.05) is 42.5 Å². The molecular formula is C21H17IN2O3. The Bertz CT molecular complexity index is 1030. The van der Waals surface area contributed by atoms with Crippen molar-refractivity contribution < 1.29 is 14.3 Å². The molecule has 0 aliphatic carbocycles. The van der Waals surface area contributed by atoms with Gasteiger partial charge in [-0.2, -0.15) is 0 Å². The summed E-state index contributed by atoms with van der Waals surface area (Å²) in [6, 6.07) is 18.9. The summed E-state index contributed by atoms with van der Waals surface area (Å²) in [6.07, 6.45) is 3.11. The molecule has 6 heteroatoms. The van der Waals surface area contributed by atoms with Crippen LogP contribution in [0.1, 0.15) is 15.9 Å². The Kier molecular flexibility index (Phi) is 6.08. The van der Waals surface area contributed by atoms with Gasteiger partial charge >= 0.3 is 0 Å². The maximum absolute atomic E-state index is 12.2. The molecule has 0 aliphatic heterocycles. The van der Waals surface area contributed by atoms with Crippen molar-refractivity contribution in [2.45, 2.75) is 0 Å². The molecular weight excluding hydrogens is 455 g/mol. The third kappa shape index (κ3) is 4.65. The van der Waals surface area contributed by atoms with Crippen molar-refractivity contribution in [1.82, 2.24) is 10.9 Å². The normalized spacial score (nSPS) is 10.7. The largest absolute Gasteiger partial charge is 0.496 e. The minimum absolute atomic E-state index is 0.400. The van der Waals surface area contributed by atoms with Crippen LogP contribution in [0.5, 0.6) is 5.75 Å². The van der Waals surface area contributed by atoms with Crippen LogP contribution in [0.3, 0.4) is 0 Å². The fraction of sp³-hybridized carbons (Fsp3) is 0.0476. The van der Waals surface area contributed by atoms with Gasteiger partial charge < -0.3 is 4.74 Å². The van der Waals surface area contributed by atoms with E-state index in [0.29, 0.717) is 11.3 Å². The second kappa shape index (κ2) is 8.68. The third-order valence-corrected chi connectivity index (χ3v) is 4.79. The lowest BCUT2D eigenvalue weighted by atomic mass is 10.0. The van der Waals surface area contributed by atoms with E-state index in [1.54, 1.807) is 31.4 Å². The molecule has 0 fully saturated rings. The van der Waals surface area contributed by atoms with Crippen molar-refractivity contribution in [2.75, 3.05) is 7.11 Å². The first-order chi connectivity index (χ1) is 13.1. The summed E-state index contributed by atoms with van der Waals surface area (Å²) in [5, 5.41) is 2.16. The van der Waals surface area contributed by atoms with Gasteiger partial charge in [0, 0.05) is 11.6 Å². The quantitative estimate of drug-likeness (QED) is 0.344. The molecule has 27 heavy (non-hydrogen) atoms. The highest BCUT2D eigenvalue weighted by Crippen LogP contribution is 2.21. The monoisotopic (exact) mass is 472 g/mol. The summed E-state index contributed by atoms with van der Waals surface area (Å²) in [6.45, 7) is 0. The van der Waals surface area contributed by atoms with Gasteiger partial charge in [0.25, 0.3) is 11.8 Å². The number of carbonyl (C=O) groups is 2. The molecule has 3 rings (SSSR count). The average Bonchev–Trinajstić information content (AvgIpc) is 2.70. The third-order valence-electron chi connectivity index (χ3n) is 3.95. The molecule has 5 nitrogen and oxygen atoms in total. The number of hydrogen-bond acceptors (Lipinski definition) is 3. The Morgan fingerprint density at radius 2 is 1.78 bits per heavy atom. The lowest BCUT2D eigenvalue weighted by Crippen LogP contribution is -2.40. The van der Waals surface area contributed by atoms with Crippen LogP contribution in [-0.2, 0) is 4.79 Å². The maximum atomic E-state index is 12.2. The van der Waals surface area contributed by atoms with Crippen LogP contribution in [0, 0.1) is 3.57 Å². The number of halogens is 1. The summed E-state index contributed by atoms with van der Waals surface area (Å²) in [5.74, 6) is -0.129. The highest BCUT2D eigenvalue weighted by molar-refractivity contribution is 14.1. The standard InChI is InChI=1S/C21H17IN2O3/c1-27-19-11-9-16(13-18(19)22)21(26)24-23-20(25)12-10-15-7-4-6-14-5-2-3-8-17(14)15/h2-13H,1H3,(H,23,25)(H,24,26)/b12-10+. The number of rotatable bonds is 4. The SMILES string of the molecule is COc1ccc(C(=O)NNC(=O)/C=C/c2cccc3ccccc23)cc1I. The van der Waals surface area contributed by atoms with Gasteiger partial charge in [-0.1, -0.05) is 42.5 Å². The number of fused-ring (bicyclic) bond motifs is 1. The number of hydrogen-bond donors (Lipinski definition) is 2. The van der Waals surface area contributed by atoms with Gasteiger partial charge in [0.2, 0.25) is 0 Å². The van der Waals surface area contributed by atoms with E-state index in [-0.39, 0.29) is 0 Å². The molecule has 0 saturated heterocycles. The number of hydrazine groups is 1. The van der Waals surface area contributed by atoms with E-state index in [9.17, 15) is 9.59 Å². The highest BCUT2D eigenvalue weighted by atomic mass is 127. The molecule has 2 amide bonds. The van der Waals surface area contributed by atoms with Crippen LogP contribution in [0.2, 0.25) is 0 Å². The zero-order valence-electron chi connectivity index (χ0n) is 14.5. The maximum Gasteiger partial charge on any atom is 0.269 e. The minimum atomic E-state index is -0.417. The van der Waals surface area contributed by atoms with Gasteiger partial charge in [-0.25, -0.2) is 0 Å². The van der Waals surface area contributed by atoms with Crippen molar-refractivity contribution in [3.63, 3.8) is 0 Å². The summed E-state index contributed by atoms with van der Waals surface area (Å²) in [5.41, 5.74) is 6.15. The zero-order chi connectivity index (χ0) is 19.2. The zero-order valence-corrected chi connectivity index (χ0v) is 16.7. The van der Waals surface area contributed by atoms with Gasteiger partial charge in [-0.15, -0.1) is 0 Å². The number of amides is 2. The van der Waals surface area contributed by atoms with E-state index >= 15 is 0 Å². The van der Waals surface area contributed by atoms with E-state index < -0.39 is 11.8 Å². The summed E-state index contributed by atoms with van der Waals surface area (Å²) >= 11 is 2.08. The van der Waals surface area contributed by atoms with Crippen LogP contribution < -0.4 is 15.6 Å². The summed E-state index contributed by atoms with van der Waals surface area (Å²) in [7, 11) is 1.57. The Balaban J connectivity index is 1.63. The van der Waals surface area contributed by atoms with Crippen LogP contribution >= 0.6 is 22.6 Å². The van der Waals surface area contributed by atoms with Crippen molar-refractivity contribution in [2.24, 2.45) is 0 Å². The molecule has 0 atom stereocenters. The molecule has 0 saturated carbocycles. The second-order valence-corrected chi connectivity index (χ2v) is 6.86. The molecule has 0 radical (unpaired) electrons. The number of carbonyl (C=O) groups excluding carboxylic acids is 2. The van der Waals surface area contributed by atoms with Gasteiger partial charge in [0.05, 0.1) is 10.7 Å². The second-order valence-electron chi connectivity index (χ2n) is 5.69. The smallest absolute Gasteiger partial charge is 0.269 e. The number of nitrogens with one attached hydrogen (secondary N) is 2. The fourth-order valence-corrected chi connectivity index (χ4v) is 3.34. The molecule has 0 spiro atoms. The van der Waals surface area contributed by atoms with Crippen molar-refractivity contribution in [3.05, 3.63) is 81.4 Å². The molecule has 3 aromatic carbocycles. The van der Waals surface area contributed by atoms with E-state index in [1.165, 1.54) is 6.08 Å². The molecule has 2 N–H and O–H groups in total. The molecule has 0 aromatic heterocycles. The van der Waals surface area contributed by atoms with Gasteiger partial charge in [-0.05, 0) is 63.2 Å². The van der Waals surface area contributed by atoms with E-state index in [4.69, 9.17) is 4.74 Å². The average molecular weight is 472 g/mol. The lowest BCUT2D eigenvalue weighted by Gasteiger charge is -2.08. The molecule has 136 valence electrons. The van der Waals surface area contributed by atoms with Crippen molar-refractivity contribution in [3.8, 4) is 5.75 Å². The lowest BCUT2D eigenvalue weighted by molar-refractivity contribution is -0.117. The summed E-state index contributed by atoms with van der Waals surface area (Å²) < 4.78 is 5.97. The Labute approximate surface area is 170 Å². The van der Waals surface area contributed by atoms with E-state index in [0.717, 1.165) is 19.9 Å². The Morgan fingerprint density at radius 1 is 1.00 bits per heavy atom. The predicted molar refractivity (Wildman–Crippen MR) is 114 cm³/mol. The topological polar surface area (TPSA) is 67.4 Å². The predicted octanol–water partition coefficient (Wildman–Crippen LogP) is 3.93. The molecule has 3 aromatic rings. The molecule has 0 bridgehead atoms. The van der Waals surface area contributed by atoms with Gasteiger partial charge in [0.1, 0.15) is 5.75 Å². The Hall–Kier alpha value is -2.87. The summed E-state index contributed by atoms with van der Waals surface area (Å²) in [4.78, 5) is 24.2. The van der Waals surface area contributed by atoms with E-state index in [2.05, 4.69) is 33.4 Å². The fourth-order valence-electron chi connectivity index (χ4n) is 2.60. The van der Waals surface area contributed by atoms with Crippen molar-refractivity contribution in [1.29, 1.82) is 0 Å². The number of ether oxygens (including phenoxy) is 1. The first-order valence-corrected chi connectivity index (χ1v) is 9.26. The highest BCUT2D eigenvalue weighted by Gasteiger charge is 2.09. The molecule has 0 aliphatic rings. The van der Waals surface area contributed by atoms with Crippen LogP contribution in [0.15, 0.2) is 66.7 Å². The number of benzene rings is 3. The van der Waals surface area contributed by atoms with Crippen LogP contribution in [0.4, 0.5) is 0 Å². The number of methoxy groups -OCH3 is 1. The first-order valence-electron chi connectivity index (χ1n) is 8.18. The van der Waals surface area contributed by atoms with Gasteiger partial charge in [0.15, 0.2) is 0 Å².